The third-order valence-electron chi connectivity index (χ3n) is 4.88. The van der Waals surface area contributed by atoms with Gasteiger partial charge in [-0.2, -0.15) is 0 Å². The van der Waals surface area contributed by atoms with Crippen LogP contribution in [0, 0.1) is 0 Å². The Balaban J connectivity index is 1.91. The summed E-state index contributed by atoms with van der Waals surface area (Å²) in [5, 5.41) is 2.95. The second kappa shape index (κ2) is 9.02. The standard InChI is InChI=1S/C22H32N2O2/c1-17(25)24(20-12-10-19(11-13-20)22(2,3)4)16-21(26)23-15-14-18-8-6-5-7-9-18/h8,10-13H,5-7,9,14-16H2,1-4H3,(H,23,26). The number of amides is 2. The van der Waals surface area contributed by atoms with E-state index in [0.717, 1.165) is 24.9 Å². The number of carbonyl (C=O) groups is 2. The van der Waals surface area contributed by atoms with E-state index in [4.69, 9.17) is 0 Å². The molecule has 1 aliphatic carbocycles. The molecule has 1 aromatic rings. The maximum absolute atomic E-state index is 12.3. The maximum atomic E-state index is 12.3. The normalized spacial score (nSPS) is 14.5. The van der Waals surface area contributed by atoms with Gasteiger partial charge in [-0.05, 0) is 55.2 Å². The van der Waals surface area contributed by atoms with E-state index in [2.05, 4.69) is 32.2 Å². The molecular formula is C22H32N2O2. The van der Waals surface area contributed by atoms with E-state index in [1.807, 2.05) is 24.3 Å². The van der Waals surface area contributed by atoms with Crippen LogP contribution in [-0.2, 0) is 15.0 Å². The van der Waals surface area contributed by atoms with Gasteiger partial charge in [-0.1, -0.05) is 44.6 Å². The zero-order chi connectivity index (χ0) is 19.2. The summed E-state index contributed by atoms with van der Waals surface area (Å²) in [6.45, 7) is 8.65. The molecule has 0 unspecified atom stereocenters. The van der Waals surface area contributed by atoms with E-state index >= 15 is 0 Å². The first-order valence-corrected chi connectivity index (χ1v) is 9.60. The van der Waals surface area contributed by atoms with Gasteiger partial charge in [-0.3, -0.25) is 9.59 Å². The van der Waals surface area contributed by atoms with Gasteiger partial charge < -0.3 is 10.2 Å². The molecule has 0 aliphatic heterocycles. The summed E-state index contributed by atoms with van der Waals surface area (Å²) in [6, 6.07) is 7.89. The summed E-state index contributed by atoms with van der Waals surface area (Å²) in [6.07, 6.45) is 8.04. The zero-order valence-corrected chi connectivity index (χ0v) is 16.6. The minimum atomic E-state index is -0.126. The first kappa shape index (κ1) is 20.2. The second-order valence-corrected chi connectivity index (χ2v) is 8.11. The summed E-state index contributed by atoms with van der Waals surface area (Å²) < 4.78 is 0. The van der Waals surface area contributed by atoms with Crippen LogP contribution in [0.25, 0.3) is 0 Å². The number of nitrogens with zero attached hydrogens (tertiary/aromatic N) is 1. The minimum absolute atomic E-state index is 0.0588. The topological polar surface area (TPSA) is 49.4 Å². The Morgan fingerprint density at radius 2 is 1.81 bits per heavy atom. The Morgan fingerprint density at radius 3 is 2.35 bits per heavy atom. The van der Waals surface area contributed by atoms with E-state index in [1.54, 1.807) is 0 Å². The lowest BCUT2D eigenvalue weighted by Crippen LogP contribution is -2.40. The molecule has 0 saturated carbocycles. The highest BCUT2D eigenvalue weighted by Crippen LogP contribution is 2.25. The average Bonchev–Trinajstić information content (AvgIpc) is 2.60. The molecule has 0 saturated heterocycles. The fourth-order valence-corrected chi connectivity index (χ4v) is 3.22. The number of benzene rings is 1. The van der Waals surface area contributed by atoms with Crippen LogP contribution in [0.1, 0.15) is 65.4 Å². The van der Waals surface area contributed by atoms with Crippen molar-refractivity contribution in [1.82, 2.24) is 5.32 Å². The van der Waals surface area contributed by atoms with Crippen molar-refractivity contribution in [2.24, 2.45) is 0 Å². The van der Waals surface area contributed by atoms with Crippen LogP contribution in [-0.4, -0.2) is 24.9 Å². The lowest BCUT2D eigenvalue weighted by molar-refractivity contribution is -0.123. The molecule has 1 aromatic carbocycles. The molecule has 0 bridgehead atoms. The van der Waals surface area contributed by atoms with Crippen molar-refractivity contribution >= 4 is 17.5 Å². The van der Waals surface area contributed by atoms with Gasteiger partial charge in [0.15, 0.2) is 0 Å². The van der Waals surface area contributed by atoms with Crippen LogP contribution in [0.15, 0.2) is 35.9 Å². The first-order valence-electron chi connectivity index (χ1n) is 9.60. The molecule has 0 fully saturated rings. The van der Waals surface area contributed by atoms with Crippen molar-refractivity contribution in [3.63, 3.8) is 0 Å². The van der Waals surface area contributed by atoms with Crippen LogP contribution in [0.3, 0.4) is 0 Å². The van der Waals surface area contributed by atoms with Crippen molar-refractivity contribution in [2.45, 2.75) is 65.2 Å². The number of allylic oxidation sites excluding steroid dienone is 1. The van der Waals surface area contributed by atoms with Gasteiger partial charge in [-0.25, -0.2) is 0 Å². The molecule has 4 heteroatoms. The lowest BCUT2D eigenvalue weighted by atomic mass is 9.87. The molecule has 142 valence electrons. The third-order valence-corrected chi connectivity index (χ3v) is 4.88. The largest absolute Gasteiger partial charge is 0.354 e. The van der Waals surface area contributed by atoms with Crippen LogP contribution in [0.2, 0.25) is 0 Å². The maximum Gasteiger partial charge on any atom is 0.240 e. The summed E-state index contributed by atoms with van der Waals surface area (Å²) in [4.78, 5) is 25.8. The Hall–Kier alpha value is -2.10. The second-order valence-electron chi connectivity index (χ2n) is 8.11. The summed E-state index contributed by atoms with van der Waals surface area (Å²) >= 11 is 0. The minimum Gasteiger partial charge on any atom is -0.354 e. The van der Waals surface area contributed by atoms with Crippen molar-refractivity contribution < 1.29 is 9.59 Å². The van der Waals surface area contributed by atoms with E-state index in [9.17, 15) is 9.59 Å². The van der Waals surface area contributed by atoms with E-state index in [-0.39, 0.29) is 23.8 Å². The molecule has 0 radical (unpaired) electrons. The summed E-state index contributed by atoms with van der Waals surface area (Å²) in [7, 11) is 0. The van der Waals surface area contributed by atoms with E-state index in [0.29, 0.717) is 6.54 Å². The molecule has 26 heavy (non-hydrogen) atoms. The van der Waals surface area contributed by atoms with Gasteiger partial charge in [-0.15, -0.1) is 0 Å². The Morgan fingerprint density at radius 1 is 1.12 bits per heavy atom. The molecule has 1 N–H and O–H groups in total. The Kier molecular flexibility index (Phi) is 7.01. The number of hydrogen-bond donors (Lipinski definition) is 1. The van der Waals surface area contributed by atoms with Crippen molar-refractivity contribution in [1.29, 1.82) is 0 Å². The van der Waals surface area contributed by atoms with Crippen LogP contribution < -0.4 is 10.2 Å². The van der Waals surface area contributed by atoms with Crippen LogP contribution in [0.5, 0.6) is 0 Å². The quantitative estimate of drug-likeness (QED) is 0.771. The molecule has 2 rings (SSSR count). The highest BCUT2D eigenvalue weighted by Gasteiger charge is 2.18. The van der Waals surface area contributed by atoms with Gasteiger partial charge in [0.2, 0.25) is 11.8 Å². The van der Waals surface area contributed by atoms with Crippen molar-refractivity contribution in [2.75, 3.05) is 18.0 Å². The number of carbonyl (C=O) groups excluding carboxylic acids is 2. The molecule has 0 atom stereocenters. The fraction of sp³-hybridized carbons (Fsp3) is 0.545. The molecule has 1 aliphatic rings. The van der Waals surface area contributed by atoms with Gasteiger partial charge in [0, 0.05) is 19.2 Å². The number of rotatable bonds is 6. The van der Waals surface area contributed by atoms with Gasteiger partial charge in [0.05, 0.1) is 0 Å². The first-order chi connectivity index (χ1) is 12.3. The molecule has 0 aromatic heterocycles. The summed E-state index contributed by atoms with van der Waals surface area (Å²) in [5.41, 5.74) is 3.47. The lowest BCUT2D eigenvalue weighted by Gasteiger charge is -2.23. The predicted molar refractivity (Wildman–Crippen MR) is 107 cm³/mol. The molecule has 4 nitrogen and oxygen atoms in total. The van der Waals surface area contributed by atoms with Crippen LogP contribution in [0.4, 0.5) is 5.69 Å². The van der Waals surface area contributed by atoms with Crippen molar-refractivity contribution in [3.05, 3.63) is 41.5 Å². The van der Waals surface area contributed by atoms with Gasteiger partial charge in [0.25, 0.3) is 0 Å². The Labute approximate surface area is 157 Å². The summed E-state index contributed by atoms with van der Waals surface area (Å²) in [5.74, 6) is -0.241. The molecule has 0 heterocycles. The number of nitrogens with one attached hydrogen (secondary N) is 1. The van der Waals surface area contributed by atoms with E-state index in [1.165, 1.54) is 35.8 Å². The van der Waals surface area contributed by atoms with E-state index < -0.39 is 0 Å². The monoisotopic (exact) mass is 356 g/mol. The highest BCUT2D eigenvalue weighted by molar-refractivity contribution is 5.97. The average molecular weight is 357 g/mol. The van der Waals surface area contributed by atoms with Crippen LogP contribution >= 0.6 is 0 Å². The van der Waals surface area contributed by atoms with Crippen molar-refractivity contribution in [3.8, 4) is 0 Å². The molecular weight excluding hydrogens is 324 g/mol. The highest BCUT2D eigenvalue weighted by atomic mass is 16.2. The number of anilines is 1. The fourth-order valence-electron chi connectivity index (χ4n) is 3.22. The zero-order valence-electron chi connectivity index (χ0n) is 16.6. The third kappa shape index (κ3) is 6.01. The SMILES string of the molecule is CC(=O)N(CC(=O)NCCC1=CCCCC1)c1ccc(C(C)(C)C)cc1. The number of hydrogen-bond acceptors (Lipinski definition) is 2. The molecule has 0 spiro atoms. The van der Waals surface area contributed by atoms with Gasteiger partial charge >= 0.3 is 0 Å². The molecule has 2 amide bonds. The smallest absolute Gasteiger partial charge is 0.240 e. The van der Waals surface area contributed by atoms with Gasteiger partial charge in [0.1, 0.15) is 6.54 Å². The Bertz CT molecular complexity index is 654. The predicted octanol–water partition coefficient (Wildman–Crippen LogP) is 4.34.